The van der Waals surface area contributed by atoms with Crippen LogP contribution in [0.4, 0.5) is 5.82 Å². The van der Waals surface area contributed by atoms with Gasteiger partial charge in [0, 0.05) is 5.56 Å². The van der Waals surface area contributed by atoms with Crippen molar-refractivity contribution in [3.8, 4) is 12.1 Å². The second-order valence-corrected chi connectivity index (χ2v) is 5.79. The summed E-state index contributed by atoms with van der Waals surface area (Å²) in [5.41, 5.74) is 11.7. The number of nitriles is 2. The third-order valence-electron chi connectivity index (χ3n) is 4.34. The lowest BCUT2D eigenvalue weighted by Gasteiger charge is -2.10. The minimum absolute atomic E-state index is 0.167. The van der Waals surface area contributed by atoms with Crippen LogP contribution < -0.4 is 5.73 Å². The average molecular weight is 324 g/mol. The van der Waals surface area contributed by atoms with Gasteiger partial charge in [-0.15, -0.1) is 0 Å². The van der Waals surface area contributed by atoms with Crippen LogP contribution in [0.5, 0.6) is 0 Å². The Bertz CT molecular complexity index is 1030. The van der Waals surface area contributed by atoms with Gasteiger partial charge >= 0.3 is 0 Å². The largest absolute Gasteiger partial charge is 0.383 e. The van der Waals surface area contributed by atoms with E-state index in [2.05, 4.69) is 17.1 Å². The predicted molar refractivity (Wildman–Crippen MR) is 99.8 cm³/mol. The van der Waals surface area contributed by atoms with E-state index < -0.39 is 0 Å². The van der Waals surface area contributed by atoms with E-state index in [0.717, 1.165) is 27.8 Å². The Morgan fingerprint density at radius 1 is 1.08 bits per heavy atom. The second kappa shape index (κ2) is 6.47. The highest BCUT2D eigenvalue weighted by Crippen LogP contribution is 2.43. The summed E-state index contributed by atoms with van der Waals surface area (Å²) in [6.45, 7) is 3.74. The first-order chi connectivity index (χ1) is 12.1. The summed E-state index contributed by atoms with van der Waals surface area (Å²) in [7, 11) is 0. The van der Waals surface area contributed by atoms with Gasteiger partial charge in [-0.05, 0) is 36.1 Å². The maximum absolute atomic E-state index is 9.51. The van der Waals surface area contributed by atoms with Crippen molar-refractivity contribution in [2.24, 2.45) is 0 Å². The number of hydrogen-bond acceptors (Lipinski definition) is 4. The number of anilines is 1. The molecule has 0 fully saturated rings. The maximum Gasteiger partial charge on any atom is 0.142 e. The highest BCUT2D eigenvalue weighted by molar-refractivity contribution is 6.04. The van der Waals surface area contributed by atoms with Crippen LogP contribution in [0.2, 0.25) is 0 Å². The quantitative estimate of drug-likeness (QED) is 0.894. The number of fused-ring (bicyclic) bond motifs is 1. The molecule has 0 saturated carbocycles. The molecule has 0 radical (unpaired) electrons. The molecule has 1 heterocycles. The molecular weight excluding hydrogens is 308 g/mol. The van der Waals surface area contributed by atoms with Crippen molar-refractivity contribution in [1.29, 1.82) is 10.5 Å². The van der Waals surface area contributed by atoms with Gasteiger partial charge < -0.3 is 5.73 Å². The molecule has 25 heavy (non-hydrogen) atoms. The maximum atomic E-state index is 9.51. The topological polar surface area (TPSA) is 86.5 Å². The summed E-state index contributed by atoms with van der Waals surface area (Å²) in [4.78, 5) is 4.31. The van der Waals surface area contributed by atoms with E-state index in [0.29, 0.717) is 16.8 Å². The van der Waals surface area contributed by atoms with Crippen molar-refractivity contribution < 1.29 is 0 Å². The Morgan fingerprint density at radius 3 is 2.44 bits per heavy atom. The molecule has 0 atom stereocenters. The fraction of sp³-hybridized carbons (Fsp3) is 0.0952. The molecule has 0 saturated heterocycles. The van der Waals surface area contributed by atoms with Crippen molar-refractivity contribution in [3.63, 3.8) is 0 Å². The number of nitrogens with zero attached hydrogens (tertiary/aromatic N) is 3. The van der Waals surface area contributed by atoms with E-state index in [1.165, 1.54) is 0 Å². The first-order valence-corrected chi connectivity index (χ1v) is 7.84. The Labute approximate surface area is 146 Å². The molecule has 1 aliphatic carbocycles. The van der Waals surface area contributed by atoms with Crippen LogP contribution in [-0.2, 0) is 0 Å². The molecule has 3 rings (SSSR count). The predicted octanol–water partition coefficient (Wildman–Crippen LogP) is 4.25. The normalized spacial score (nSPS) is 14.6. The van der Waals surface area contributed by atoms with Crippen LogP contribution in [0.1, 0.15) is 34.9 Å². The SMILES string of the molecule is CC1=C(C#N)c2nc(N)c(C#N)c(C)c2C1=CC=Cc1ccccc1. The summed E-state index contributed by atoms with van der Waals surface area (Å²) in [5.74, 6) is 0.167. The highest BCUT2D eigenvalue weighted by atomic mass is 14.9. The third-order valence-corrected chi connectivity index (χ3v) is 4.34. The van der Waals surface area contributed by atoms with Crippen LogP contribution in [0.3, 0.4) is 0 Å². The molecule has 2 aromatic rings. The number of benzene rings is 1. The number of pyridine rings is 1. The Kier molecular flexibility index (Phi) is 4.20. The van der Waals surface area contributed by atoms with Gasteiger partial charge in [-0.25, -0.2) is 4.98 Å². The third kappa shape index (κ3) is 2.71. The average Bonchev–Trinajstić information content (AvgIpc) is 2.87. The zero-order valence-electron chi connectivity index (χ0n) is 14.0. The summed E-state index contributed by atoms with van der Waals surface area (Å²) in [6.07, 6.45) is 5.90. The summed E-state index contributed by atoms with van der Waals surface area (Å²) < 4.78 is 0. The molecule has 1 aromatic carbocycles. The van der Waals surface area contributed by atoms with E-state index in [1.807, 2.05) is 62.4 Å². The van der Waals surface area contributed by atoms with E-state index in [-0.39, 0.29) is 5.82 Å². The number of hydrogen-bond donors (Lipinski definition) is 1. The van der Waals surface area contributed by atoms with E-state index >= 15 is 0 Å². The second-order valence-electron chi connectivity index (χ2n) is 5.79. The fourth-order valence-electron chi connectivity index (χ4n) is 3.04. The molecule has 120 valence electrons. The van der Waals surface area contributed by atoms with Crippen molar-refractivity contribution >= 4 is 23.0 Å². The van der Waals surface area contributed by atoms with Gasteiger partial charge in [0.1, 0.15) is 18.0 Å². The molecule has 1 aliphatic rings. The number of nitrogen functional groups attached to an aromatic ring is 1. The molecule has 0 spiro atoms. The molecule has 0 bridgehead atoms. The van der Waals surface area contributed by atoms with Crippen LogP contribution in [0.25, 0.3) is 17.2 Å². The fourth-order valence-corrected chi connectivity index (χ4v) is 3.04. The molecular formula is C21H16N4. The molecule has 0 aliphatic heterocycles. The summed E-state index contributed by atoms with van der Waals surface area (Å²) in [5, 5.41) is 18.9. The first kappa shape index (κ1) is 16.2. The van der Waals surface area contributed by atoms with E-state index in [1.54, 1.807) is 0 Å². The molecule has 0 unspecified atom stereocenters. The Hall–Kier alpha value is -3.63. The van der Waals surface area contributed by atoms with Gasteiger partial charge in [0.2, 0.25) is 0 Å². The number of rotatable bonds is 2. The Balaban J connectivity index is 2.16. The van der Waals surface area contributed by atoms with Crippen LogP contribution in [0.15, 0.2) is 48.1 Å². The lowest BCUT2D eigenvalue weighted by atomic mass is 9.97. The number of allylic oxidation sites excluding steroid dienone is 5. The van der Waals surface area contributed by atoms with Crippen molar-refractivity contribution in [2.45, 2.75) is 13.8 Å². The van der Waals surface area contributed by atoms with Gasteiger partial charge in [0.05, 0.1) is 16.8 Å². The highest BCUT2D eigenvalue weighted by Gasteiger charge is 2.29. The zero-order chi connectivity index (χ0) is 18.0. The molecule has 4 heteroatoms. The summed E-state index contributed by atoms with van der Waals surface area (Å²) >= 11 is 0. The van der Waals surface area contributed by atoms with E-state index in [4.69, 9.17) is 5.73 Å². The minimum atomic E-state index is 0.167. The molecule has 4 nitrogen and oxygen atoms in total. The molecule has 2 N–H and O–H groups in total. The minimum Gasteiger partial charge on any atom is -0.383 e. The van der Waals surface area contributed by atoms with Crippen molar-refractivity contribution in [2.75, 3.05) is 5.73 Å². The van der Waals surface area contributed by atoms with Gasteiger partial charge in [0.15, 0.2) is 0 Å². The molecule has 0 amide bonds. The van der Waals surface area contributed by atoms with Crippen LogP contribution in [-0.4, -0.2) is 4.98 Å². The van der Waals surface area contributed by atoms with Crippen molar-refractivity contribution in [3.05, 3.63) is 76.0 Å². The first-order valence-electron chi connectivity index (χ1n) is 7.84. The Morgan fingerprint density at radius 2 is 1.80 bits per heavy atom. The van der Waals surface area contributed by atoms with Crippen LogP contribution in [0, 0.1) is 29.6 Å². The standard InChI is InChI=1S/C21H16N4/c1-13-16(10-6-9-15-7-4-3-5-8-15)19-14(2)18(12-23)21(24)25-20(19)17(13)11-22/h3-10H,1-2H3,(H2,24,25). The smallest absolute Gasteiger partial charge is 0.142 e. The lowest BCUT2D eigenvalue weighted by Crippen LogP contribution is -2.03. The zero-order valence-corrected chi connectivity index (χ0v) is 14.0. The monoisotopic (exact) mass is 324 g/mol. The van der Waals surface area contributed by atoms with Gasteiger partial charge in [-0.1, -0.05) is 48.6 Å². The van der Waals surface area contributed by atoms with Gasteiger partial charge in [-0.2, -0.15) is 10.5 Å². The number of aromatic nitrogens is 1. The number of nitrogens with two attached hydrogens (primary N) is 1. The van der Waals surface area contributed by atoms with Crippen LogP contribution >= 0.6 is 0 Å². The van der Waals surface area contributed by atoms with Gasteiger partial charge in [-0.3, -0.25) is 0 Å². The van der Waals surface area contributed by atoms with E-state index in [9.17, 15) is 10.5 Å². The van der Waals surface area contributed by atoms with Gasteiger partial charge in [0.25, 0.3) is 0 Å². The lowest BCUT2D eigenvalue weighted by molar-refractivity contribution is 1.22. The summed E-state index contributed by atoms with van der Waals surface area (Å²) in [6, 6.07) is 14.3. The molecule has 1 aromatic heterocycles. The van der Waals surface area contributed by atoms with Crippen molar-refractivity contribution in [1.82, 2.24) is 4.98 Å².